The molecular formula is C17H23N7O. The van der Waals surface area contributed by atoms with E-state index in [-0.39, 0.29) is 5.91 Å². The fourth-order valence-corrected chi connectivity index (χ4v) is 2.69. The van der Waals surface area contributed by atoms with Crippen molar-refractivity contribution >= 4 is 11.6 Å². The maximum Gasteiger partial charge on any atom is 0.256 e. The van der Waals surface area contributed by atoms with Gasteiger partial charge in [0.05, 0.1) is 12.5 Å². The van der Waals surface area contributed by atoms with Crippen LogP contribution in [0.15, 0.2) is 31.1 Å². The summed E-state index contributed by atoms with van der Waals surface area (Å²) in [6, 6.07) is 0. The summed E-state index contributed by atoms with van der Waals surface area (Å²) in [5.74, 6) is -0.168. The second-order valence-corrected chi connectivity index (χ2v) is 5.83. The average molecular weight is 341 g/mol. The number of carbonyl (C=O) groups excluding carboxylic acids is 1. The molecule has 0 fully saturated rings. The number of aromatic amines is 1. The fraction of sp³-hybridized carbons (Fsp3) is 0.412. The van der Waals surface area contributed by atoms with Crippen molar-refractivity contribution in [2.45, 2.75) is 26.8 Å². The van der Waals surface area contributed by atoms with Crippen molar-refractivity contribution in [3.63, 3.8) is 0 Å². The summed E-state index contributed by atoms with van der Waals surface area (Å²) >= 11 is 0. The van der Waals surface area contributed by atoms with Crippen molar-refractivity contribution in [3.8, 4) is 0 Å². The average Bonchev–Trinajstić information content (AvgIpc) is 3.28. The Hall–Kier alpha value is -2.74. The molecule has 1 amide bonds. The Morgan fingerprint density at radius 3 is 2.84 bits per heavy atom. The van der Waals surface area contributed by atoms with Gasteiger partial charge in [-0.05, 0) is 13.1 Å². The number of carbonyl (C=O) groups is 1. The molecule has 0 aliphatic heterocycles. The highest BCUT2D eigenvalue weighted by Crippen LogP contribution is 2.10. The van der Waals surface area contributed by atoms with Crippen LogP contribution in [0.1, 0.15) is 35.5 Å². The molecule has 0 aliphatic carbocycles. The van der Waals surface area contributed by atoms with Gasteiger partial charge in [-0.15, -0.1) is 0 Å². The third-order valence-electron chi connectivity index (χ3n) is 4.19. The molecule has 0 atom stereocenters. The minimum absolute atomic E-state index is 0.168. The minimum Gasteiger partial charge on any atom is -0.351 e. The minimum atomic E-state index is -0.168. The summed E-state index contributed by atoms with van der Waals surface area (Å²) in [6.07, 6.45) is 9.39. The van der Waals surface area contributed by atoms with Crippen LogP contribution in [0.25, 0.3) is 5.65 Å². The first-order valence-corrected chi connectivity index (χ1v) is 8.51. The van der Waals surface area contributed by atoms with E-state index < -0.39 is 0 Å². The number of amides is 1. The number of nitrogens with zero attached hydrogens (tertiary/aromatic N) is 5. The molecule has 2 N–H and O–H groups in total. The number of aromatic nitrogens is 5. The molecule has 8 heteroatoms. The number of imidazole rings is 1. The first-order chi connectivity index (χ1) is 12.2. The molecule has 0 saturated heterocycles. The molecule has 8 nitrogen and oxygen atoms in total. The highest BCUT2D eigenvalue weighted by molar-refractivity contribution is 5.99. The number of rotatable bonds is 8. The number of nitrogens with one attached hydrogen (secondary N) is 2. The van der Waals surface area contributed by atoms with E-state index in [0.29, 0.717) is 24.2 Å². The van der Waals surface area contributed by atoms with Gasteiger partial charge in [0.25, 0.3) is 5.91 Å². The summed E-state index contributed by atoms with van der Waals surface area (Å²) in [4.78, 5) is 26.1. The lowest BCUT2D eigenvalue weighted by Crippen LogP contribution is -2.26. The Kier molecular flexibility index (Phi) is 5.39. The quantitative estimate of drug-likeness (QED) is 0.644. The highest BCUT2D eigenvalue weighted by atomic mass is 16.1. The zero-order chi connectivity index (χ0) is 17.6. The van der Waals surface area contributed by atoms with Crippen molar-refractivity contribution in [3.05, 3.63) is 47.9 Å². The highest BCUT2D eigenvalue weighted by Gasteiger charge is 2.14. The van der Waals surface area contributed by atoms with Crippen LogP contribution in [0.2, 0.25) is 0 Å². The van der Waals surface area contributed by atoms with Crippen molar-refractivity contribution in [1.82, 2.24) is 34.8 Å². The summed E-state index contributed by atoms with van der Waals surface area (Å²) in [7, 11) is 0. The molecule has 0 aliphatic rings. The van der Waals surface area contributed by atoms with E-state index in [4.69, 9.17) is 0 Å². The van der Waals surface area contributed by atoms with Gasteiger partial charge in [-0.3, -0.25) is 9.69 Å². The Morgan fingerprint density at radius 1 is 1.28 bits per heavy atom. The molecule has 132 valence electrons. The molecule has 25 heavy (non-hydrogen) atoms. The van der Waals surface area contributed by atoms with E-state index in [0.717, 1.165) is 30.9 Å². The summed E-state index contributed by atoms with van der Waals surface area (Å²) in [5.41, 5.74) is 3.12. The Labute approximate surface area is 146 Å². The number of fused-ring (bicyclic) bond motifs is 1. The molecule has 0 radical (unpaired) electrons. The molecule has 3 heterocycles. The van der Waals surface area contributed by atoms with E-state index in [9.17, 15) is 4.79 Å². The lowest BCUT2D eigenvalue weighted by atomic mass is 10.2. The van der Waals surface area contributed by atoms with Gasteiger partial charge in [0.2, 0.25) is 0 Å². The fourth-order valence-electron chi connectivity index (χ4n) is 2.69. The number of hydrogen-bond acceptors (Lipinski definition) is 5. The van der Waals surface area contributed by atoms with Crippen LogP contribution in [-0.2, 0) is 13.0 Å². The molecule has 0 saturated carbocycles. The molecule has 0 aromatic carbocycles. The van der Waals surface area contributed by atoms with E-state index in [1.165, 1.54) is 0 Å². The lowest BCUT2D eigenvalue weighted by Gasteiger charge is -2.17. The van der Waals surface area contributed by atoms with Gasteiger partial charge in [0.1, 0.15) is 5.56 Å². The van der Waals surface area contributed by atoms with Crippen LogP contribution < -0.4 is 5.32 Å². The van der Waals surface area contributed by atoms with E-state index in [1.54, 1.807) is 23.2 Å². The van der Waals surface area contributed by atoms with Crippen LogP contribution in [-0.4, -0.2) is 55.0 Å². The van der Waals surface area contributed by atoms with Crippen LogP contribution in [0, 0.1) is 0 Å². The third-order valence-corrected chi connectivity index (χ3v) is 4.19. The van der Waals surface area contributed by atoms with E-state index >= 15 is 0 Å². The van der Waals surface area contributed by atoms with Gasteiger partial charge < -0.3 is 10.3 Å². The summed E-state index contributed by atoms with van der Waals surface area (Å²) < 4.78 is 1.67. The Bertz CT molecular complexity index is 821. The van der Waals surface area contributed by atoms with Crippen LogP contribution >= 0.6 is 0 Å². The van der Waals surface area contributed by atoms with Gasteiger partial charge in [0.15, 0.2) is 5.65 Å². The topological polar surface area (TPSA) is 91.2 Å². The molecular weight excluding hydrogens is 318 g/mol. The van der Waals surface area contributed by atoms with Gasteiger partial charge in [-0.25, -0.2) is 14.5 Å². The normalized spacial score (nSPS) is 11.3. The summed E-state index contributed by atoms with van der Waals surface area (Å²) in [6.45, 7) is 7.58. The Balaban J connectivity index is 1.66. The van der Waals surface area contributed by atoms with Crippen molar-refractivity contribution < 1.29 is 4.79 Å². The monoisotopic (exact) mass is 341 g/mol. The SMILES string of the molecule is CCN(CC)Cc1cnc2c(C(=O)NCCc3cnc[nH]3)cnn2c1. The van der Waals surface area contributed by atoms with Crippen LogP contribution in [0.4, 0.5) is 0 Å². The molecule has 3 rings (SSSR count). The van der Waals surface area contributed by atoms with Gasteiger partial charge >= 0.3 is 0 Å². The number of H-pyrrole nitrogens is 1. The first kappa shape index (κ1) is 17.1. The standard InChI is InChI=1S/C17H23N7O/c1-3-23(4-2)10-13-7-20-16-15(9-22-24(16)11-13)17(25)19-6-5-14-8-18-12-21-14/h7-9,11-12H,3-6,10H2,1-2H3,(H,18,21)(H,19,25). The second kappa shape index (κ2) is 7.89. The van der Waals surface area contributed by atoms with Crippen molar-refractivity contribution in [1.29, 1.82) is 0 Å². The smallest absolute Gasteiger partial charge is 0.256 e. The largest absolute Gasteiger partial charge is 0.351 e. The molecule has 3 aromatic heterocycles. The van der Waals surface area contributed by atoms with Gasteiger partial charge in [-0.2, -0.15) is 5.10 Å². The second-order valence-electron chi connectivity index (χ2n) is 5.83. The molecule has 0 unspecified atom stereocenters. The Morgan fingerprint density at radius 2 is 2.12 bits per heavy atom. The zero-order valence-corrected chi connectivity index (χ0v) is 14.6. The number of hydrogen-bond donors (Lipinski definition) is 2. The predicted octanol–water partition coefficient (Wildman–Crippen LogP) is 1.27. The van der Waals surface area contributed by atoms with Gasteiger partial charge in [0, 0.05) is 49.4 Å². The maximum absolute atomic E-state index is 12.4. The van der Waals surface area contributed by atoms with Crippen LogP contribution in [0.5, 0.6) is 0 Å². The van der Waals surface area contributed by atoms with E-state index in [2.05, 4.69) is 44.1 Å². The third kappa shape index (κ3) is 4.03. The molecule has 3 aromatic rings. The maximum atomic E-state index is 12.4. The lowest BCUT2D eigenvalue weighted by molar-refractivity contribution is 0.0955. The predicted molar refractivity (Wildman–Crippen MR) is 94.2 cm³/mol. The van der Waals surface area contributed by atoms with Crippen molar-refractivity contribution in [2.24, 2.45) is 0 Å². The molecule has 0 bridgehead atoms. The summed E-state index contributed by atoms with van der Waals surface area (Å²) in [5, 5.41) is 7.17. The van der Waals surface area contributed by atoms with Crippen molar-refractivity contribution in [2.75, 3.05) is 19.6 Å². The first-order valence-electron chi connectivity index (χ1n) is 8.51. The van der Waals surface area contributed by atoms with Crippen LogP contribution in [0.3, 0.4) is 0 Å². The van der Waals surface area contributed by atoms with Gasteiger partial charge in [-0.1, -0.05) is 13.8 Å². The van der Waals surface area contributed by atoms with E-state index in [1.807, 2.05) is 12.4 Å². The molecule has 0 spiro atoms. The zero-order valence-electron chi connectivity index (χ0n) is 14.6.